The van der Waals surface area contributed by atoms with Gasteiger partial charge in [-0.1, -0.05) is 57.8 Å². The van der Waals surface area contributed by atoms with Gasteiger partial charge in [0.2, 0.25) is 0 Å². The van der Waals surface area contributed by atoms with Crippen molar-refractivity contribution in [3.05, 3.63) is 0 Å². The lowest BCUT2D eigenvalue weighted by atomic mass is 9.99. The van der Waals surface area contributed by atoms with E-state index in [9.17, 15) is 0 Å². The standard InChI is InChI=1S/C12H25N.C2H4O2/c13-12-10-8-6-4-2-1-3-5-7-9-11-12;1-2(3)4/h12H,1-11,13H2;1H3,(H,3,4). The fraction of sp³-hybridized carbons (Fsp3) is 0.929. The molecule has 3 heteroatoms. The summed E-state index contributed by atoms with van der Waals surface area (Å²) >= 11 is 0. The van der Waals surface area contributed by atoms with Gasteiger partial charge in [0, 0.05) is 13.0 Å². The molecule has 0 bridgehead atoms. The van der Waals surface area contributed by atoms with Gasteiger partial charge in [0.05, 0.1) is 0 Å². The molecule has 0 aromatic heterocycles. The molecule has 1 rings (SSSR count). The molecule has 0 aromatic rings. The Kier molecular flexibility index (Phi) is 11.5. The Hall–Kier alpha value is -0.570. The van der Waals surface area contributed by atoms with Crippen molar-refractivity contribution < 1.29 is 9.90 Å². The van der Waals surface area contributed by atoms with Crippen LogP contribution in [0.3, 0.4) is 0 Å². The SMILES string of the molecule is CC(=O)O.NC1CCCCCCCCCCC1. The molecule has 1 aliphatic carbocycles. The fourth-order valence-electron chi connectivity index (χ4n) is 2.19. The van der Waals surface area contributed by atoms with Gasteiger partial charge < -0.3 is 10.8 Å². The van der Waals surface area contributed by atoms with Crippen molar-refractivity contribution >= 4 is 5.97 Å². The highest BCUT2D eigenvalue weighted by Crippen LogP contribution is 2.15. The largest absolute Gasteiger partial charge is 0.481 e. The van der Waals surface area contributed by atoms with Crippen LogP contribution < -0.4 is 5.73 Å². The maximum absolute atomic E-state index is 9.00. The number of nitrogens with two attached hydrogens (primary N) is 1. The second kappa shape index (κ2) is 11.9. The van der Waals surface area contributed by atoms with Crippen LogP contribution in [0.1, 0.15) is 77.6 Å². The third-order valence-electron chi connectivity index (χ3n) is 3.15. The minimum Gasteiger partial charge on any atom is -0.481 e. The van der Waals surface area contributed by atoms with E-state index in [1.165, 1.54) is 70.6 Å². The molecule has 1 aliphatic rings. The van der Waals surface area contributed by atoms with E-state index in [1.807, 2.05) is 0 Å². The van der Waals surface area contributed by atoms with Crippen molar-refractivity contribution in [3.8, 4) is 0 Å². The van der Waals surface area contributed by atoms with Gasteiger partial charge in [-0.25, -0.2) is 0 Å². The van der Waals surface area contributed by atoms with E-state index < -0.39 is 5.97 Å². The quantitative estimate of drug-likeness (QED) is 0.681. The normalized spacial score (nSPS) is 20.4. The lowest BCUT2D eigenvalue weighted by molar-refractivity contribution is -0.134. The molecular formula is C14H29NO2. The van der Waals surface area contributed by atoms with Crippen LogP contribution in [0, 0.1) is 0 Å². The monoisotopic (exact) mass is 243 g/mol. The first-order valence-corrected chi connectivity index (χ1v) is 7.08. The van der Waals surface area contributed by atoms with Gasteiger partial charge in [0.15, 0.2) is 0 Å². The molecule has 0 radical (unpaired) electrons. The zero-order chi connectivity index (χ0) is 12.9. The molecule has 3 nitrogen and oxygen atoms in total. The first kappa shape index (κ1) is 16.4. The summed E-state index contributed by atoms with van der Waals surface area (Å²) in [4.78, 5) is 9.00. The predicted octanol–water partition coefficient (Wildman–Crippen LogP) is 3.71. The summed E-state index contributed by atoms with van der Waals surface area (Å²) in [5, 5.41) is 7.42. The molecule has 102 valence electrons. The number of hydrogen-bond donors (Lipinski definition) is 2. The Bertz CT molecular complexity index is 167. The van der Waals surface area contributed by atoms with Gasteiger partial charge in [0.1, 0.15) is 0 Å². The van der Waals surface area contributed by atoms with Crippen LogP contribution in [-0.2, 0) is 4.79 Å². The molecule has 0 unspecified atom stereocenters. The van der Waals surface area contributed by atoms with E-state index >= 15 is 0 Å². The summed E-state index contributed by atoms with van der Waals surface area (Å²) in [5.41, 5.74) is 6.01. The van der Waals surface area contributed by atoms with Gasteiger partial charge in [-0.2, -0.15) is 0 Å². The molecule has 1 saturated carbocycles. The summed E-state index contributed by atoms with van der Waals surface area (Å²) < 4.78 is 0. The first-order chi connectivity index (χ1) is 8.13. The van der Waals surface area contributed by atoms with E-state index in [0.29, 0.717) is 6.04 Å². The second-order valence-corrected chi connectivity index (χ2v) is 5.04. The lowest BCUT2D eigenvalue weighted by Crippen LogP contribution is -2.19. The van der Waals surface area contributed by atoms with Crippen molar-refractivity contribution in [2.45, 2.75) is 83.6 Å². The number of carboxylic acid groups (broad SMARTS) is 1. The van der Waals surface area contributed by atoms with Gasteiger partial charge in [-0.15, -0.1) is 0 Å². The summed E-state index contributed by atoms with van der Waals surface area (Å²) in [6, 6.07) is 0.499. The summed E-state index contributed by atoms with van der Waals surface area (Å²) in [7, 11) is 0. The summed E-state index contributed by atoms with van der Waals surface area (Å²) in [6.07, 6.45) is 15.3. The molecule has 0 spiro atoms. The average Bonchev–Trinajstić information content (AvgIpc) is 2.22. The van der Waals surface area contributed by atoms with Crippen LogP contribution in [0.4, 0.5) is 0 Å². The summed E-state index contributed by atoms with van der Waals surface area (Å²) in [5.74, 6) is -0.833. The number of carboxylic acids is 1. The molecular weight excluding hydrogens is 214 g/mol. The van der Waals surface area contributed by atoms with Gasteiger partial charge in [-0.05, 0) is 12.8 Å². The number of hydrogen-bond acceptors (Lipinski definition) is 2. The Morgan fingerprint density at radius 3 is 1.41 bits per heavy atom. The van der Waals surface area contributed by atoms with Gasteiger partial charge in [-0.3, -0.25) is 4.79 Å². The third kappa shape index (κ3) is 15.4. The van der Waals surface area contributed by atoms with Crippen LogP contribution >= 0.6 is 0 Å². The van der Waals surface area contributed by atoms with Crippen LogP contribution in [0.5, 0.6) is 0 Å². The summed E-state index contributed by atoms with van der Waals surface area (Å²) in [6.45, 7) is 1.08. The maximum atomic E-state index is 9.00. The molecule has 3 N–H and O–H groups in total. The zero-order valence-electron chi connectivity index (χ0n) is 11.3. The van der Waals surface area contributed by atoms with Crippen molar-refractivity contribution in [3.63, 3.8) is 0 Å². The minimum atomic E-state index is -0.833. The number of carbonyl (C=O) groups is 1. The smallest absolute Gasteiger partial charge is 0.300 e. The maximum Gasteiger partial charge on any atom is 0.300 e. The van der Waals surface area contributed by atoms with Gasteiger partial charge in [0.25, 0.3) is 5.97 Å². The van der Waals surface area contributed by atoms with Crippen LogP contribution in [0.25, 0.3) is 0 Å². The molecule has 0 saturated heterocycles. The van der Waals surface area contributed by atoms with E-state index in [-0.39, 0.29) is 0 Å². The van der Waals surface area contributed by atoms with E-state index in [1.54, 1.807) is 0 Å². The highest BCUT2D eigenvalue weighted by molar-refractivity contribution is 5.62. The number of rotatable bonds is 0. The van der Waals surface area contributed by atoms with Crippen molar-refractivity contribution in [1.82, 2.24) is 0 Å². The first-order valence-electron chi connectivity index (χ1n) is 7.08. The van der Waals surface area contributed by atoms with Crippen LogP contribution in [-0.4, -0.2) is 17.1 Å². The van der Waals surface area contributed by atoms with E-state index in [4.69, 9.17) is 15.6 Å². The molecule has 0 aromatic carbocycles. The molecule has 0 atom stereocenters. The van der Waals surface area contributed by atoms with Crippen LogP contribution in [0.2, 0.25) is 0 Å². The van der Waals surface area contributed by atoms with E-state index in [0.717, 1.165) is 6.92 Å². The Morgan fingerprint density at radius 1 is 0.882 bits per heavy atom. The van der Waals surface area contributed by atoms with Gasteiger partial charge >= 0.3 is 0 Å². The Morgan fingerprint density at radius 2 is 1.12 bits per heavy atom. The highest BCUT2D eigenvalue weighted by atomic mass is 16.4. The third-order valence-corrected chi connectivity index (χ3v) is 3.15. The van der Waals surface area contributed by atoms with Crippen molar-refractivity contribution in [1.29, 1.82) is 0 Å². The molecule has 0 aliphatic heterocycles. The molecule has 17 heavy (non-hydrogen) atoms. The molecule has 1 fully saturated rings. The van der Waals surface area contributed by atoms with Crippen molar-refractivity contribution in [2.24, 2.45) is 5.73 Å². The molecule has 0 amide bonds. The van der Waals surface area contributed by atoms with Crippen molar-refractivity contribution in [2.75, 3.05) is 0 Å². The average molecular weight is 243 g/mol. The Labute approximate surface area is 106 Å². The van der Waals surface area contributed by atoms with Crippen LogP contribution in [0.15, 0.2) is 0 Å². The minimum absolute atomic E-state index is 0.499. The fourth-order valence-corrected chi connectivity index (χ4v) is 2.19. The Balaban J connectivity index is 0.000000557. The van der Waals surface area contributed by atoms with E-state index in [2.05, 4.69) is 0 Å². The predicted molar refractivity (Wildman–Crippen MR) is 72.1 cm³/mol. The zero-order valence-corrected chi connectivity index (χ0v) is 11.3. The lowest BCUT2D eigenvalue weighted by Gasteiger charge is -2.12. The molecule has 0 heterocycles. The number of aliphatic carboxylic acids is 1. The second-order valence-electron chi connectivity index (χ2n) is 5.04. The topological polar surface area (TPSA) is 63.3 Å². The highest BCUT2D eigenvalue weighted by Gasteiger charge is 2.03.